The van der Waals surface area contributed by atoms with Crippen LogP contribution in [-0.4, -0.2) is 59.9 Å². The summed E-state index contributed by atoms with van der Waals surface area (Å²) in [5.74, 6) is 0.346. The highest BCUT2D eigenvalue weighted by Gasteiger charge is 2.18. The zero-order valence-electron chi connectivity index (χ0n) is 19.3. The Bertz CT molecular complexity index is 1410. The predicted molar refractivity (Wildman–Crippen MR) is 148 cm³/mol. The van der Waals surface area contributed by atoms with Gasteiger partial charge in [-0.1, -0.05) is 36.7 Å². The smallest absolute Gasteiger partial charge is 0.293 e. The molecule has 8 nitrogen and oxygen atoms in total. The molecule has 10 heteroatoms. The van der Waals surface area contributed by atoms with Gasteiger partial charge in [-0.3, -0.25) is 4.79 Å². The van der Waals surface area contributed by atoms with Gasteiger partial charge in [-0.25, -0.2) is 4.98 Å². The zero-order chi connectivity index (χ0) is 24.5. The fourth-order valence-electron chi connectivity index (χ4n) is 4.18. The molecule has 0 spiro atoms. The molecule has 1 aliphatic heterocycles. The van der Waals surface area contributed by atoms with Crippen LogP contribution in [-0.2, 0) is 0 Å². The van der Waals surface area contributed by atoms with Crippen molar-refractivity contribution in [3.63, 3.8) is 0 Å². The molecule has 5 rings (SSSR count). The second-order valence-corrected chi connectivity index (χ2v) is 9.19. The van der Waals surface area contributed by atoms with E-state index in [1.165, 1.54) is 12.8 Å². The zero-order valence-corrected chi connectivity index (χ0v) is 20.8. The van der Waals surface area contributed by atoms with E-state index in [1.54, 1.807) is 30.5 Å². The summed E-state index contributed by atoms with van der Waals surface area (Å²) in [6.07, 6.45) is 1.63. The van der Waals surface area contributed by atoms with E-state index in [-0.39, 0.29) is 7.43 Å². The van der Waals surface area contributed by atoms with Crippen molar-refractivity contribution in [2.45, 2.75) is 7.43 Å². The van der Waals surface area contributed by atoms with Crippen LogP contribution in [0.5, 0.6) is 0 Å². The highest BCUT2D eigenvalue weighted by Crippen LogP contribution is 2.33. The summed E-state index contributed by atoms with van der Waals surface area (Å²) < 4.78 is 1.12. The molecule has 1 fully saturated rings. The number of likely N-dealkylation sites (N-methyl/N-ethyl adjacent to an activating group) is 1. The van der Waals surface area contributed by atoms with Crippen LogP contribution in [0.15, 0.2) is 59.5 Å². The van der Waals surface area contributed by atoms with Crippen LogP contribution in [0.2, 0.25) is 10.0 Å². The molecule has 2 aromatic heterocycles. The number of benzene rings is 2. The Morgan fingerprint density at radius 2 is 1.67 bits per heavy atom. The average molecular weight is 527 g/mol. The van der Waals surface area contributed by atoms with E-state index in [2.05, 4.69) is 44.3 Å². The van der Waals surface area contributed by atoms with Gasteiger partial charge >= 0.3 is 0 Å². The Balaban J connectivity index is 0.00000304. The molecule has 1 aliphatic rings. The predicted octanol–water partition coefficient (Wildman–Crippen LogP) is 4.96. The molecular formula is C26H28Cl2N6O2. The Kier molecular flexibility index (Phi) is 7.68. The maximum atomic E-state index is 13.2. The topological polar surface area (TPSA) is 75.5 Å². The van der Waals surface area contributed by atoms with Crippen LogP contribution in [0.3, 0.4) is 0 Å². The Morgan fingerprint density at radius 1 is 1.00 bits per heavy atom. The summed E-state index contributed by atoms with van der Waals surface area (Å²) in [6, 6.07) is 14.9. The van der Waals surface area contributed by atoms with Crippen molar-refractivity contribution in [2.24, 2.45) is 0 Å². The minimum Gasteiger partial charge on any atom is -0.412 e. The van der Waals surface area contributed by atoms with Gasteiger partial charge in [0.1, 0.15) is 7.11 Å². The normalized spacial score (nSPS) is 13.9. The van der Waals surface area contributed by atoms with Gasteiger partial charge < -0.3 is 20.0 Å². The van der Waals surface area contributed by atoms with Gasteiger partial charge in [0, 0.05) is 54.7 Å². The molecule has 0 radical (unpaired) electrons. The first-order valence-electron chi connectivity index (χ1n) is 11.2. The summed E-state index contributed by atoms with van der Waals surface area (Å²) in [4.78, 5) is 32.3. The number of rotatable bonds is 5. The van der Waals surface area contributed by atoms with Crippen LogP contribution in [0, 0.1) is 0 Å². The molecule has 0 unspecified atom stereocenters. The minimum absolute atomic E-state index is 0. The highest BCUT2D eigenvalue weighted by atomic mass is 35.5. The van der Waals surface area contributed by atoms with Gasteiger partial charge in [0.15, 0.2) is 5.65 Å². The first-order valence-corrected chi connectivity index (χ1v) is 11.9. The number of piperazine rings is 1. The van der Waals surface area contributed by atoms with Gasteiger partial charge in [-0.05, 0) is 49.5 Å². The highest BCUT2D eigenvalue weighted by molar-refractivity contribution is 6.39. The van der Waals surface area contributed by atoms with Crippen molar-refractivity contribution in [3.05, 3.63) is 75.1 Å². The van der Waals surface area contributed by atoms with Crippen LogP contribution >= 0.6 is 23.2 Å². The fraction of sp³-hybridized carbons (Fsp3) is 0.269. The van der Waals surface area contributed by atoms with E-state index in [0.717, 1.165) is 36.6 Å². The standard InChI is InChI=1S/C25H24Cl2N6O2.CH4/c1-31-10-12-32(13-11-31)18-8-6-17(7-9-18)29-25-28-15-16-14-19(22-20(26)4-3-5-21(22)27)24(34)33(35-2)23(16)30-25;/h3-9,14-15H,10-13H2,1-2H3,(H,28,29,30);1H4. The van der Waals surface area contributed by atoms with E-state index < -0.39 is 5.56 Å². The van der Waals surface area contributed by atoms with Crippen molar-refractivity contribution < 1.29 is 4.84 Å². The molecule has 0 atom stereocenters. The largest absolute Gasteiger partial charge is 0.412 e. The van der Waals surface area contributed by atoms with Crippen LogP contribution in [0.1, 0.15) is 7.43 Å². The number of halogens is 2. The molecule has 0 bridgehead atoms. The lowest BCUT2D eigenvalue weighted by Crippen LogP contribution is -2.44. The monoisotopic (exact) mass is 526 g/mol. The Labute approximate surface area is 220 Å². The average Bonchev–Trinajstić information content (AvgIpc) is 2.85. The lowest BCUT2D eigenvalue weighted by molar-refractivity contribution is 0.168. The number of aromatic nitrogens is 3. The maximum Gasteiger partial charge on any atom is 0.293 e. The molecule has 188 valence electrons. The number of anilines is 3. The molecule has 1 saturated heterocycles. The van der Waals surface area contributed by atoms with Crippen LogP contribution < -0.4 is 20.6 Å². The summed E-state index contributed by atoms with van der Waals surface area (Å²) in [7, 11) is 3.55. The third-order valence-electron chi connectivity index (χ3n) is 6.11. The SMILES string of the molecule is C.COn1c(=O)c(-c2c(Cl)cccc2Cl)cc2cnc(Nc3ccc(N4CCN(C)CC4)cc3)nc21. The van der Waals surface area contributed by atoms with E-state index in [1.807, 2.05) is 12.1 Å². The van der Waals surface area contributed by atoms with Crippen LogP contribution in [0.4, 0.5) is 17.3 Å². The number of nitrogens with one attached hydrogen (secondary N) is 1. The molecule has 4 aromatic rings. The first kappa shape index (κ1) is 25.8. The van der Waals surface area contributed by atoms with E-state index >= 15 is 0 Å². The molecule has 0 aliphatic carbocycles. The van der Waals surface area contributed by atoms with Crippen molar-refractivity contribution in [1.29, 1.82) is 0 Å². The summed E-state index contributed by atoms with van der Waals surface area (Å²) in [5.41, 5.74) is 2.68. The van der Waals surface area contributed by atoms with E-state index in [4.69, 9.17) is 28.0 Å². The van der Waals surface area contributed by atoms with E-state index in [9.17, 15) is 4.79 Å². The quantitative estimate of drug-likeness (QED) is 0.394. The van der Waals surface area contributed by atoms with E-state index in [0.29, 0.717) is 38.2 Å². The minimum atomic E-state index is -0.420. The lowest BCUT2D eigenvalue weighted by atomic mass is 10.1. The van der Waals surface area contributed by atoms with Crippen molar-refractivity contribution >= 4 is 51.6 Å². The van der Waals surface area contributed by atoms with Crippen LogP contribution in [0.25, 0.3) is 22.2 Å². The summed E-state index contributed by atoms with van der Waals surface area (Å²) in [6.45, 7) is 4.12. The van der Waals surface area contributed by atoms with Gasteiger partial charge in [0.05, 0.1) is 15.6 Å². The molecule has 1 N–H and O–H groups in total. The van der Waals surface area contributed by atoms with Gasteiger partial charge in [-0.15, -0.1) is 4.73 Å². The van der Waals surface area contributed by atoms with Gasteiger partial charge in [-0.2, -0.15) is 4.98 Å². The Hall–Kier alpha value is -3.33. The molecular weight excluding hydrogens is 499 g/mol. The molecule has 36 heavy (non-hydrogen) atoms. The van der Waals surface area contributed by atoms with Gasteiger partial charge in [0.25, 0.3) is 5.56 Å². The second kappa shape index (κ2) is 10.7. The molecule has 0 saturated carbocycles. The summed E-state index contributed by atoms with van der Waals surface area (Å²) >= 11 is 12.7. The molecule has 0 amide bonds. The van der Waals surface area contributed by atoms with Crippen molar-refractivity contribution in [1.82, 2.24) is 19.6 Å². The maximum absolute atomic E-state index is 13.2. The number of pyridine rings is 1. The third kappa shape index (κ3) is 4.97. The number of hydrogen-bond acceptors (Lipinski definition) is 7. The Morgan fingerprint density at radius 3 is 2.31 bits per heavy atom. The molecule has 2 aromatic carbocycles. The van der Waals surface area contributed by atoms with Gasteiger partial charge in [0.2, 0.25) is 5.95 Å². The lowest BCUT2D eigenvalue weighted by Gasteiger charge is -2.34. The number of fused-ring (bicyclic) bond motifs is 1. The second-order valence-electron chi connectivity index (χ2n) is 8.37. The third-order valence-corrected chi connectivity index (χ3v) is 6.74. The van der Waals surface area contributed by atoms with Crippen molar-refractivity contribution in [3.8, 4) is 11.1 Å². The number of nitrogens with zero attached hydrogens (tertiary/aromatic N) is 5. The fourth-order valence-corrected chi connectivity index (χ4v) is 4.78. The first-order chi connectivity index (χ1) is 16.9. The molecule has 3 heterocycles. The summed E-state index contributed by atoms with van der Waals surface area (Å²) in [5, 5.41) is 4.55. The van der Waals surface area contributed by atoms with Crippen molar-refractivity contribution in [2.75, 3.05) is 50.6 Å². The number of hydrogen-bond donors (Lipinski definition) is 1.